The second-order valence-electron chi connectivity index (χ2n) is 5.41. The van der Waals surface area contributed by atoms with E-state index < -0.39 is 0 Å². The highest BCUT2D eigenvalue weighted by molar-refractivity contribution is 5.93. The average Bonchev–Trinajstić information content (AvgIpc) is 3.09. The van der Waals surface area contributed by atoms with Gasteiger partial charge >= 0.3 is 0 Å². The van der Waals surface area contributed by atoms with Crippen molar-refractivity contribution in [1.29, 1.82) is 0 Å². The number of aliphatic hydroxyl groups excluding tert-OH is 1. The fourth-order valence-electron chi connectivity index (χ4n) is 3.17. The first-order chi connectivity index (χ1) is 9.25. The maximum absolute atomic E-state index is 12.2. The van der Waals surface area contributed by atoms with Crippen molar-refractivity contribution in [3.05, 3.63) is 24.2 Å². The van der Waals surface area contributed by atoms with Crippen LogP contribution >= 0.6 is 0 Å². The Hall–Kier alpha value is -1.33. The monoisotopic (exact) mass is 264 g/mol. The molecule has 2 aliphatic rings. The Morgan fingerprint density at radius 3 is 2.63 bits per heavy atom. The zero-order valence-corrected chi connectivity index (χ0v) is 11.0. The lowest BCUT2D eigenvalue weighted by Gasteiger charge is -2.39. The van der Waals surface area contributed by atoms with Gasteiger partial charge in [0.25, 0.3) is 5.91 Å². The summed E-state index contributed by atoms with van der Waals surface area (Å²) in [6, 6.07) is 2.00. The van der Waals surface area contributed by atoms with E-state index in [0.29, 0.717) is 11.6 Å². The minimum absolute atomic E-state index is 0.0420. The van der Waals surface area contributed by atoms with Crippen LogP contribution in [0, 0.1) is 0 Å². The Bertz CT molecular complexity index is 424. The molecule has 3 rings (SSSR count). The molecule has 0 bridgehead atoms. The molecule has 1 amide bonds. The Labute approximate surface area is 112 Å². The van der Waals surface area contributed by atoms with Crippen molar-refractivity contribution in [2.75, 3.05) is 26.2 Å². The summed E-state index contributed by atoms with van der Waals surface area (Å²) in [5, 5.41) is 9.93. The van der Waals surface area contributed by atoms with E-state index in [1.54, 1.807) is 6.07 Å². The molecule has 1 aromatic rings. The lowest BCUT2D eigenvalue weighted by atomic mass is 10.1. The molecule has 104 valence electrons. The molecule has 2 fully saturated rings. The first-order valence-corrected chi connectivity index (χ1v) is 6.99. The highest BCUT2D eigenvalue weighted by Crippen LogP contribution is 2.25. The molecule has 1 N–H and O–H groups in total. The van der Waals surface area contributed by atoms with Crippen LogP contribution in [0.3, 0.4) is 0 Å². The van der Waals surface area contributed by atoms with E-state index in [1.807, 2.05) is 4.90 Å². The number of hydrogen-bond acceptors (Lipinski definition) is 4. The van der Waals surface area contributed by atoms with Gasteiger partial charge in [-0.15, -0.1) is 0 Å². The lowest BCUT2D eigenvalue weighted by molar-refractivity contribution is 0.0315. The molecule has 1 aliphatic heterocycles. The minimum Gasteiger partial charge on any atom is -0.472 e. The van der Waals surface area contributed by atoms with Crippen molar-refractivity contribution in [2.45, 2.75) is 31.4 Å². The second kappa shape index (κ2) is 5.35. The Kier molecular flexibility index (Phi) is 3.57. The predicted octanol–water partition coefficient (Wildman–Crippen LogP) is 0.951. The van der Waals surface area contributed by atoms with Gasteiger partial charge in [-0.05, 0) is 25.3 Å². The van der Waals surface area contributed by atoms with Crippen molar-refractivity contribution in [2.24, 2.45) is 0 Å². The standard InChI is InChI=1S/C14H20N2O3/c17-13-3-1-2-12(13)15-5-7-16(8-6-15)14(18)11-4-9-19-10-11/h4,9-10,12-13,17H,1-3,5-8H2/t12-,13-/m0/s1. The number of aliphatic hydroxyl groups is 1. The van der Waals surface area contributed by atoms with Crippen LogP contribution < -0.4 is 0 Å². The molecule has 1 aliphatic carbocycles. The van der Waals surface area contributed by atoms with E-state index in [1.165, 1.54) is 12.5 Å². The van der Waals surface area contributed by atoms with Crippen LogP contribution in [0.2, 0.25) is 0 Å². The molecule has 5 heteroatoms. The number of rotatable bonds is 2. The molecular formula is C14H20N2O3. The van der Waals surface area contributed by atoms with Gasteiger partial charge in [-0.25, -0.2) is 0 Å². The van der Waals surface area contributed by atoms with Gasteiger partial charge < -0.3 is 14.4 Å². The van der Waals surface area contributed by atoms with Gasteiger partial charge in [0.15, 0.2) is 0 Å². The number of nitrogens with zero attached hydrogens (tertiary/aromatic N) is 2. The molecule has 0 unspecified atom stereocenters. The summed E-state index contributed by atoms with van der Waals surface area (Å²) in [5.41, 5.74) is 0.620. The van der Waals surface area contributed by atoms with Gasteiger partial charge in [-0.1, -0.05) is 0 Å². The van der Waals surface area contributed by atoms with Crippen LogP contribution in [-0.2, 0) is 0 Å². The van der Waals surface area contributed by atoms with E-state index in [2.05, 4.69) is 4.90 Å². The van der Waals surface area contributed by atoms with E-state index in [4.69, 9.17) is 4.42 Å². The van der Waals surface area contributed by atoms with E-state index >= 15 is 0 Å². The van der Waals surface area contributed by atoms with Crippen molar-refractivity contribution in [3.63, 3.8) is 0 Å². The molecule has 1 aromatic heterocycles. The third-order valence-corrected chi connectivity index (χ3v) is 4.28. The number of hydrogen-bond donors (Lipinski definition) is 1. The van der Waals surface area contributed by atoms with Crippen LogP contribution in [0.5, 0.6) is 0 Å². The van der Waals surface area contributed by atoms with Crippen molar-refractivity contribution < 1.29 is 14.3 Å². The second-order valence-corrected chi connectivity index (χ2v) is 5.41. The fourth-order valence-corrected chi connectivity index (χ4v) is 3.17. The molecule has 5 nitrogen and oxygen atoms in total. The molecule has 1 saturated heterocycles. The molecular weight excluding hydrogens is 244 g/mol. The molecule has 2 heterocycles. The van der Waals surface area contributed by atoms with Crippen LogP contribution in [0.4, 0.5) is 0 Å². The SMILES string of the molecule is O=C(c1ccoc1)N1CCN([C@H]2CCC[C@@H]2O)CC1. The van der Waals surface area contributed by atoms with Crippen molar-refractivity contribution in [1.82, 2.24) is 9.80 Å². The summed E-state index contributed by atoms with van der Waals surface area (Å²) in [5.74, 6) is 0.0420. The first-order valence-electron chi connectivity index (χ1n) is 6.99. The third kappa shape index (κ3) is 2.53. The van der Waals surface area contributed by atoms with E-state index in [0.717, 1.165) is 45.4 Å². The topological polar surface area (TPSA) is 56.9 Å². The molecule has 0 aromatic carbocycles. The fraction of sp³-hybridized carbons (Fsp3) is 0.643. The van der Waals surface area contributed by atoms with Gasteiger partial charge in [0.05, 0.1) is 17.9 Å². The van der Waals surface area contributed by atoms with Crippen molar-refractivity contribution >= 4 is 5.91 Å². The van der Waals surface area contributed by atoms with E-state index in [9.17, 15) is 9.90 Å². The van der Waals surface area contributed by atoms with Crippen molar-refractivity contribution in [3.8, 4) is 0 Å². The van der Waals surface area contributed by atoms with Gasteiger partial charge in [-0.3, -0.25) is 9.69 Å². The summed E-state index contributed by atoms with van der Waals surface area (Å²) in [6.07, 6.45) is 5.94. The number of furan rings is 1. The summed E-state index contributed by atoms with van der Waals surface area (Å²) in [4.78, 5) is 16.3. The van der Waals surface area contributed by atoms with Gasteiger partial charge in [0.1, 0.15) is 6.26 Å². The average molecular weight is 264 g/mol. The van der Waals surface area contributed by atoms with Gasteiger partial charge in [-0.2, -0.15) is 0 Å². The molecule has 19 heavy (non-hydrogen) atoms. The Morgan fingerprint density at radius 1 is 1.26 bits per heavy atom. The normalized spacial score (nSPS) is 28.8. The number of piperazine rings is 1. The smallest absolute Gasteiger partial charge is 0.257 e. The number of carbonyl (C=O) groups is 1. The zero-order valence-electron chi connectivity index (χ0n) is 11.0. The number of amides is 1. The van der Waals surface area contributed by atoms with Crippen LogP contribution in [0.1, 0.15) is 29.6 Å². The van der Waals surface area contributed by atoms with Crippen LogP contribution in [0.25, 0.3) is 0 Å². The minimum atomic E-state index is -0.184. The summed E-state index contributed by atoms with van der Waals surface area (Å²) < 4.78 is 4.95. The molecule has 0 spiro atoms. The maximum Gasteiger partial charge on any atom is 0.257 e. The van der Waals surface area contributed by atoms with Crippen LogP contribution in [0.15, 0.2) is 23.0 Å². The number of carbonyl (C=O) groups excluding carboxylic acids is 1. The summed E-state index contributed by atoms with van der Waals surface area (Å²) in [7, 11) is 0. The molecule has 2 atom stereocenters. The zero-order chi connectivity index (χ0) is 13.2. The van der Waals surface area contributed by atoms with Gasteiger partial charge in [0, 0.05) is 32.2 Å². The molecule has 1 saturated carbocycles. The Morgan fingerprint density at radius 2 is 2.05 bits per heavy atom. The van der Waals surface area contributed by atoms with Crippen LogP contribution in [-0.4, -0.2) is 59.1 Å². The Balaban J connectivity index is 1.56. The first kappa shape index (κ1) is 12.7. The quantitative estimate of drug-likeness (QED) is 0.864. The third-order valence-electron chi connectivity index (χ3n) is 4.28. The largest absolute Gasteiger partial charge is 0.472 e. The highest BCUT2D eigenvalue weighted by atomic mass is 16.3. The summed E-state index contributed by atoms with van der Waals surface area (Å²) >= 11 is 0. The highest BCUT2D eigenvalue weighted by Gasteiger charge is 2.33. The predicted molar refractivity (Wildman–Crippen MR) is 69.8 cm³/mol. The van der Waals surface area contributed by atoms with Gasteiger partial charge in [0.2, 0.25) is 0 Å². The van der Waals surface area contributed by atoms with E-state index in [-0.39, 0.29) is 12.0 Å². The molecule has 0 radical (unpaired) electrons. The lowest BCUT2D eigenvalue weighted by Crippen LogP contribution is -2.53. The summed E-state index contributed by atoms with van der Waals surface area (Å²) in [6.45, 7) is 3.16. The maximum atomic E-state index is 12.2.